The standard InChI is InChI=1S/C16H17FO3/c1-10-4-5-12(9-15(10)20-3)16(18)11-6-7-14(19-2)13(17)8-11/h4-9,16,18H,1-3H3. The van der Waals surface area contributed by atoms with Crippen LogP contribution >= 0.6 is 0 Å². The number of aliphatic hydroxyl groups excluding tert-OH is 1. The van der Waals surface area contributed by atoms with E-state index in [0.717, 1.165) is 5.56 Å². The fraction of sp³-hybridized carbons (Fsp3) is 0.250. The van der Waals surface area contributed by atoms with Gasteiger partial charge in [0.25, 0.3) is 0 Å². The smallest absolute Gasteiger partial charge is 0.165 e. The molecule has 1 atom stereocenters. The van der Waals surface area contributed by atoms with Gasteiger partial charge in [-0.25, -0.2) is 4.39 Å². The highest BCUT2D eigenvalue weighted by Crippen LogP contribution is 2.29. The van der Waals surface area contributed by atoms with Gasteiger partial charge in [0.1, 0.15) is 11.9 Å². The molecule has 2 aromatic carbocycles. The summed E-state index contributed by atoms with van der Waals surface area (Å²) in [5, 5.41) is 10.3. The number of ether oxygens (including phenoxy) is 2. The predicted molar refractivity (Wildman–Crippen MR) is 74.7 cm³/mol. The quantitative estimate of drug-likeness (QED) is 0.931. The summed E-state index contributed by atoms with van der Waals surface area (Å²) >= 11 is 0. The lowest BCUT2D eigenvalue weighted by Gasteiger charge is -2.14. The summed E-state index contributed by atoms with van der Waals surface area (Å²) in [4.78, 5) is 0. The average Bonchev–Trinajstić information content (AvgIpc) is 2.47. The van der Waals surface area contributed by atoms with Gasteiger partial charge >= 0.3 is 0 Å². The topological polar surface area (TPSA) is 38.7 Å². The molecule has 20 heavy (non-hydrogen) atoms. The first kappa shape index (κ1) is 14.3. The summed E-state index contributed by atoms with van der Waals surface area (Å²) in [7, 11) is 2.98. The van der Waals surface area contributed by atoms with E-state index < -0.39 is 11.9 Å². The maximum absolute atomic E-state index is 13.7. The molecule has 0 aliphatic carbocycles. The van der Waals surface area contributed by atoms with Crippen LogP contribution in [0.1, 0.15) is 22.8 Å². The summed E-state index contributed by atoms with van der Waals surface area (Å²) in [6.07, 6.45) is -0.912. The lowest BCUT2D eigenvalue weighted by Crippen LogP contribution is -2.02. The number of hydrogen-bond acceptors (Lipinski definition) is 3. The van der Waals surface area contributed by atoms with Gasteiger partial charge in [-0.05, 0) is 41.8 Å². The monoisotopic (exact) mass is 276 g/mol. The van der Waals surface area contributed by atoms with Crippen molar-refractivity contribution in [2.45, 2.75) is 13.0 Å². The van der Waals surface area contributed by atoms with Crippen molar-refractivity contribution in [3.63, 3.8) is 0 Å². The Hall–Kier alpha value is -2.07. The number of methoxy groups -OCH3 is 2. The maximum Gasteiger partial charge on any atom is 0.165 e. The molecule has 1 unspecified atom stereocenters. The van der Waals surface area contributed by atoms with Gasteiger partial charge in [-0.3, -0.25) is 0 Å². The van der Waals surface area contributed by atoms with E-state index in [2.05, 4.69) is 0 Å². The molecule has 3 nitrogen and oxygen atoms in total. The Balaban J connectivity index is 2.35. The van der Waals surface area contributed by atoms with Gasteiger partial charge in [0.05, 0.1) is 14.2 Å². The van der Waals surface area contributed by atoms with Crippen molar-refractivity contribution in [3.05, 3.63) is 58.9 Å². The van der Waals surface area contributed by atoms with Crippen molar-refractivity contribution in [1.29, 1.82) is 0 Å². The zero-order valence-electron chi connectivity index (χ0n) is 11.7. The number of halogens is 1. The first-order chi connectivity index (χ1) is 9.56. The summed E-state index contributed by atoms with van der Waals surface area (Å²) < 4.78 is 23.8. The Kier molecular flexibility index (Phi) is 4.25. The minimum Gasteiger partial charge on any atom is -0.496 e. The van der Waals surface area contributed by atoms with Crippen LogP contribution in [-0.2, 0) is 0 Å². The van der Waals surface area contributed by atoms with Crippen molar-refractivity contribution < 1.29 is 19.0 Å². The lowest BCUT2D eigenvalue weighted by molar-refractivity contribution is 0.219. The summed E-state index contributed by atoms with van der Waals surface area (Å²) in [6, 6.07) is 9.82. The summed E-state index contributed by atoms with van der Waals surface area (Å²) in [6.45, 7) is 1.92. The third kappa shape index (κ3) is 2.75. The molecule has 0 aliphatic rings. The highest BCUT2D eigenvalue weighted by Gasteiger charge is 2.14. The van der Waals surface area contributed by atoms with Crippen LogP contribution in [0, 0.1) is 12.7 Å². The van der Waals surface area contributed by atoms with E-state index in [1.54, 1.807) is 25.3 Å². The number of benzene rings is 2. The van der Waals surface area contributed by atoms with Gasteiger partial charge in [0, 0.05) is 0 Å². The van der Waals surface area contributed by atoms with Gasteiger partial charge < -0.3 is 14.6 Å². The molecular weight excluding hydrogens is 259 g/mol. The Bertz CT molecular complexity index is 611. The van der Waals surface area contributed by atoms with Crippen molar-refractivity contribution in [3.8, 4) is 11.5 Å². The Morgan fingerprint density at radius 2 is 1.55 bits per heavy atom. The van der Waals surface area contributed by atoms with Crippen molar-refractivity contribution in [2.24, 2.45) is 0 Å². The molecule has 4 heteroatoms. The van der Waals surface area contributed by atoms with Crippen molar-refractivity contribution in [2.75, 3.05) is 14.2 Å². The van der Waals surface area contributed by atoms with Gasteiger partial charge in [-0.1, -0.05) is 18.2 Å². The van der Waals surface area contributed by atoms with E-state index in [-0.39, 0.29) is 5.75 Å². The Morgan fingerprint density at radius 3 is 2.15 bits per heavy atom. The van der Waals surface area contributed by atoms with Crippen LogP contribution in [0.25, 0.3) is 0 Å². The second kappa shape index (κ2) is 5.92. The molecule has 0 aromatic heterocycles. The molecule has 106 valence electrons. The van der Waals surface area contributed by atoms with Gasteiger partial charge in [0.15, 0.2) is 11.6 Å². The largest absolute Gasteiger partial charge is 0.496 e. The molecule has 0 spiro atoms. The van der Waals surface area contributed by atoms with Gasteiger partial charge in [0.2, 0.25) is 0 Å². The third-order valence-electron chi connectivity index (χ3n) is 3.24. The fourth-order valence-corrected chi connectivity index (χ4v) is 2.05. The van der Waals surface area contributed by atoms with Gasteiger partial charge in [-0.2, -0.15) is 0 Å². The number of aryl methyl sites for hydroxylation is 1. The van der Waals surface area contributed by atoms with Gasteiger partial charge in [-0.15, -0.1) is 0 Å². The molecule has 0 heterocycles. The molecule has 0 saturated heterocycles. The number of hydrogen-bond donors (Lipinski definition) is 1. The van der Waals surface area contributed by atoms with E-state index in [0.29, 0.717) is 16.9 Å². The summed E-state index contributed by atoms with van der Waals surface area (Å²) in [5.41, 5.74) is 2.09. The second-order valence-corrected chi connectivity index (χ2v) is 4.53. The minimum atomic E-state index is -0.912. The fourth-order valence-electron chi connectivity index (χ4n) is 2.05. The predicted octanol–water partition coefficient (Wildman–Crippen LogP) is 3.23. The van der Waals surface area contributed by atoms with E-state index in [1.165, 1.54) is 19.2 Å². The summed E-state index contributed by atoms with van der Waals surface area (Å²) in [5.74, 6) is 0.348. The average molecular weight is 276 g/mol. The molecule has 0 saturated carbocycles. The molecular formula is C16H17FO3. The normalized spacial score (nSPS) is 12.1. The van der Waals surface area contributed by atoms with E-state index in [4.69, 9.17) is 9.47 Å². The van der Waals surface area contributed by atoms with Crippen LogP contribution in [0.15, 0.2) is 36.4 Å². The Labute approximate surface area is 117 Å². The number of aliphatic hydroxyl groups is 1. The van der Waals surface area contributed by atoms with E-state index >= 15 is 0 Å². The molecule has 0 aliphatic heterocycles. The minimum absolute atomic E-state index is 0.155. The van der Waals surface area contributed by atoms with E-state index in [9.17, 15) is 9.50 Å². The highest BCUT2D eigenvalue weighted by molar-refractivity contribution is 5.41. The molecule has 2 aromatic rings. The molecule has 1 N–H and O–H groups in total. The van der Waals surface area contributed by atoms with Crippen molar-refractivity contribution in [1.82, 2.24) is 0 Å². The van der Waals surface area contributed by atoms with Crippen LogP contribution in [0.3, 0.4) is 0 Å². The third-order valence-corrected chi connectivity index (χ3v) is 3.24. The molecule has 0 bridgehead atoms. The highest BCUT2D eigenvalue weighted by atomic mass is 19.1. The number of rotatable bonds is 4. The maximum atomic E-state index is 13.7. The first-order valence-corrected chi connectivity index (χ1v) is 6.23. The van der Waals surface area contributed by atoms with Crippen LogP contribution < -0.4 is 9.47 Å². The molecule has 2 rings (SSSR count). The van der Waals surface area contributed by atoms with E-state index in [1.807, 2.05) is 13.0 Å². The van der Waals surface area contributed by atoms with Crippen LogP contribution in [0.5, 0.6) is 11.5 Å². The van der Waals surface area contributed by atoms with Crippen LogP contribution in [0.4, 0.5) is 4.39 Å². The van der Waals surface area contributed by atoms with Crippen LogP contribution in [-0.4, -0.2) is 19.3 Å². The first-order valence-electron chi connectivity index (χ1n) is 6.23. The zero-order valence-corrected chi connectivity index (χ0v) is 11.7. The SMILES string of the molecule is COc1cc(C(O)c2ccc(OC)c(F)c2)ccc1C. The molecule has 0 fully saturated rings. The molecule has 0 radical (unpaired) electrons. The van der Waals surface area contributed by atoms with Crippen molar-refractivity contribution >= 4 is 0 Å². The zero-order chi connectivity index (χ0) is 14.7. The molecule has 0 amide bonds. The lowest BCUT2D eigenvalue weighted by atomic mass is 10.00. The van der Waals surface area contributed by atoms with Crippen LogP contribution in [0.2, 0.25) is 0 Å². The second-order valence-electron chi connectivity index (χ2n) is 4.53. The Morgan fingerprint density at radius 1 is 0.950 bits per heavy atom.